The van der Waals surface area contributed by atoms with Gasteiger partial charge < -0.3 is 0 Å². The van der Waals surface area contributed by atoms with Crippen LogP contribution in [0.2, 0.25) is 0 Å². The lowest BCUT2D eigenvalue weighted by Gasteiger charge is -2.05. The summed E-state index contributed by atoms with van der Waals surface area (Å²) < 4.78 is 12.2. The normalized spacial score (nSPS) is 11.4. The summed E-state index contributed by atoms with van der Waals surface area (Å²) >= 11 is 0. The Labute approximate surface area is 46.7 Å². The minimum absolute atomic E-state index is 0.618. The van der Waals surface area contributed by atoms with E-state index < -0.39 is 17.1 Å². The van der Waals surface area contributed by atoms with Crippen molar-refractivity contribution in [1.29, 1.82) is 0 Å². The highest BCUT2D eigenvalue weighted by Crippen LogP contribution is 2.06. The fraction of sp³-hybridized carbons (Fsp3) is 1.00. The molecule has 0 aromatic carbocycles. The average Bonchev–Trinajstić information content (AvgIpc) is 1.21. The van der Waals surface area contributed by atoms with Gasteiger partial charge in [-0.3, -0.25) is 10.1 Å². The quantitative estimate of drug-likeness (QED) is 0.404. The van der Waals surface area contributed by atoms with E-state index in [-0.39, 0.29) is 0 Å². The third kappa shape index (κ3) is 5.33. The van der Waals surface area contributed by atoms with Crippen molar-refractivity contribution in [2.24, 2.45) is 0 Å². The SMILES string of the molecule is CC(C)(F)C[N+](=O)[O-]. The monoisotopic (exact) mass is 121 g/mol. The zero-order chi connectivity index (χ0) is 6.78. The summed E-state index contributed by atoms with van der Waals surface area (Å²) in [6.45, 7) is 1.73. The summed E-state index contributed by atoms with van der Waals surface area (Å²) in [6, 6.07) is 0. The largest absolute Gasteiger partial charge is 0.264 e. The lowest BCUT2D eigenvalue weighted by atomic mass is 10.2. The molecule has 0 spiro atoms. The van der Waals surface area contributed by atoms with Crippen LogP contribution in [-0.2, 0) is 0 Å². The van der Waals surface area contributed by atoms with Crippen molar-refractivity contribution in [3.63, 3.8) is 0 Å². The van der Waals surface area contributed by atoms with Gasteiger partial charge in [-0.05, 0) is 13.8 Å². The number of alkyl halides is 1. The first-order valence-corrected chi connectivity index (χ1v) is 2.22. The van der Waals surface area contributed by atoms with Crippen LogP contribution in [0.25, 0.3) is 0 Å². The van der Waals surface area contributed by atoms with Crippen molar-refractivity contribution in [2.45, 2.75) is 19.5 Å². The van der Waals surface area contributed by atoms with Crippen LogP contribution >= 0.6 is 0 Å². The maximum Gasteiger partial charge on any atom is 0.236 e. The molecular formula is C4H8FNO2. The number of halogens is 1. The van der Waals surface area contributed by atoms with Crippen LogP contribution in [0, 0.1) is 10.1 Å². The van der Waals surface area contributed by atoms with Gasteiger partial charge in [-0.15, -0.1) is 0 Å². The Morgan fingerprint density at radius 3 is 2.12 bits per heavy atom. The van der Waals surface area contributed by atoms with Gasteiger partial charge >= 0.3 is 0 Å². The Morgan fingerprint density at radius 2 is 2.12 bits per heavy atom. The molecule has 8 heavy (non-hydrogen) atoms. The minimum atomic E-state index is -1.68. The summed E-state index contributed by atoms with van der Waals surface area (Å²) in [5, 5.41) is 9.58. The van der Waals surface area contributed by atoms with E-state index in [4.69, 9.17) is 0 Å². The van der Waals surface area contributed by atoms with Gasteiger partial charge in [0.25, 0.3) is 0 Å². The van der Waals surface area contributed by atoms with E-state index in [0.717, 1.165) is 0 Å². The number of hydrogen-bond donors (Lipinski definition) is 0. The maximum absolute atomic E-state index is 12.2. The molecule has 0 saturated carbocycles. The van der Waals surface area contributed by atoms with Crippen molar-refractivity contribution < 1.29 is 9.31 Å². The van der Waals surface area contributed by atoms with Gasteiger partial charge in [-0.25, -0.2) is 4.39 Å². The van der Waals surface area contributed by atoms with Crippen LogP contribution in [0.15, 0.2) is 0 Å². The second-order valence-corrected chi connectivity index (χ2v) is 2.21. The molecule has 0 saturated heterocycles. The topological polar surface area (TPSA) is 43.1 Å². The predicted molar refractivity (Wildman–Crippen MR) is 27.0 cm³/mol. The summed E-state index contributed by atoms with van der Waals surface area (Å²) in [4.78, 5) is 8.91. The van der Waals surface area contributed by atoms with Gasteiger partial charge in [0.2, 0.25) is 6.54 Å². The minimum Gasteiger partial charge on any atom is -0.264 e. The number of rotatable bonds is 2. The average molecular weight is 121 g/mol. The van der Waals surface area contributed by atoms with Crippen molar-refractivity contribution in [3.05, 3.63) is 10.1 Å². The molecule has 0 aliphatic heterocycles. The fourth-order valence-corrected chi connectivity index (χ4v) is 0.307. The molecule has 0 unspecified atom stereocenters. The molecule has 0 radical (unpaired) electrons. The molecule has 0 atom stereocenters. The third-order valence-electron chi connectivity index (χ3n) is 0.505. The molecular weight excluding hydrogens is 113 g/mol. The molecule has 0 amide bonds. The smallest absolute Gasteiger partial charge is 0.236 e. The zero-order valence-corrected chi connectivity index (χ0v) is 4.85. The van der Waals surface area contributed by atoms with E-state index in [1.54, 1.807) is 0 Å². The first-order valence-electron chi connectivity index (χ1n) is 2.22. The standard InChI is InChI=1S/C4H8FNO2/c1-4(2,5)3-6(7)8/h3H2,1-2H3. The fourth-order valence-electron chi connectivity index (χ4n) is 0.307. The Kier molecular flexibility index (Phi) is 1.89. The number of nitrogens with zero attached hydrogens (tertiary/aromatic N) is 1. The van der Waals surface area contributed by atoms with Gasteiger partial charge in [0, 0.05) is 4.92 Å². The van der Waals surface area contributed by atoms with Gasteiger partial charge in [-0.2, -0.15) is 0 Å². The van der Waals surface area contributed by atoms with Crippen LogP contribution in [-0.4, -0.2) is 17.1 Å². The lowest BCUT2D eigenvalue weighted by Crippen LogP contribution is -2.24. The summed E-state index contributed by atoms with van der Waals surface area (Å²) in [6.07, 6.45) is 0. The molecule has 0 N–H and O–H groups in total. The molecule has 0 aliphatic rings. The molecule has 4 heteroatoms. The highest BCUT2D eigenvalue weighted by Gasteiger charge is 2.22. The van der Waals surface area contributed by atoms with E-state index in [1.165, 1.54) is 13.8 Å². The van der Waals surface area contributed by atoms with Crippen LogP contribution in [0.1, 0.15) is 13.8 Å². The van der Waals surface area contributed by atoms with Gasteiger partial charge in [-0.1, -0.05) is 0 Å². The summed E-state index contributed by atoms with van der Waals surface area (Å²) in [5.41, 5.74) is -1.68. The summed E-state index contributed by atoms with van der Waals surface area (Å²) in [7, 11) is 0. The second-order valence-electron chi connectivity index (χ2n) is 2.21. The predicted octanol–water partition coefficient (Wildman–Crippen LogP) is 1.01. The second kappa shape index (κ2) is 2.07. The lowest BCUT2D eigenvalue weighted by molar-refractivity contribution is -0.494. The zero-order valence-electron chi connectivity index (χ0n) is 4.85. The van der Waals surface area contributed by atoms with Crippen molar-refractivity contribution in [2.75, 3.05) is 6.54 Å². The van der Waals surface area contributed by atoms with E-state index in [1.807, 2.05) is 0 Å². The van der Waals surface area contributed by atoms with E-state index in [9.17, 15) is 14.5 Å². The van der Waals surface area contributed by atoms with Gasteiger partial charge in [0.1, 0.15) is 0 Å². The third-order valence-corrected chi connectivity index (χ3v) is 0.505. The molecule has 0 aromatic rings. The van der Waals surface area contributed by atoms with Crippen LogP contribution < -0.4 is 0 Å². The highest BCUT2D eigenvalue weighted by atomic mass is 19.1. The Morgan fingerprint density at radius 1 is 1.75 bits per heavy atom. The van der Waals surface area contributed by atoms with Crippen molar-refractivity contribution >= 4 is 0 Å². The van der Waals surface area contributed by atoms with Crippen molar-refractivity contribution in [1.82, 2.24) is 0 Å². The first kappa shape index (κ1) is 7.33. The van der Waals surface area contributed by atoms with E-state index >= 15 is 0 Å². The Balaban J connectivity index is 3.55. The molecule has 0 fully saturated rings. The Hall–Kier alpha value is -0.670. The molecule has 3 nitrogen and oxygen atoms in total. The number of hydrogen-bond acceptors (Lipinski definition) is 2. The molecule has 0 heterocycles. The molecule has 48 valence electrons. The van der Waals surface area contributed by atoms with Gasteiger partial charge in [0.05, 0.1) is 0 Å². The van der Waals surface area contributed by atoms with Crippen LogP contribution in [0.3, 0.4) is 0 Å². The number of nitro groups is 1. The van der Waals surface area contributed by atoms with Gasteiger partial charge in [0.15, 0.2) is 5.67 Å². The summed E-state index contributed by atoms with van der Waals surface area (Å²) in [5.74, 6) is 0. The Bertz CT molecular complexity index is 96.7. The van der Waals surface area contributed by atoms with Crippen LogP contribution in [0.4, 0.5) is 4.39 Å². The van der Waals surface area contributed by atoms with Crippen LogP contribution in [0.5, 0.6) is 0 Å². The molecule has 0 rings (SSSR count). The highest BCUT2D eigenvalue weighted by molar-refractivity contribution is 4.62. The molecule has 0 aliphatic carbocycles. The molecule has 0 aromatic heterocycles. The first-order chi connectivity index (χ1) is 3.42. The van der Waals surface area contributed by atoms with E-state index in [0.29, 0.717) is 0 Å². The maximum atomic E-state index is 12.2. The molecule has 0 bridgehead atoms. The van der Waals surface area contributed by atoms with E-state index in [2.05, 4.69) is 0 Å². The van der Waals surface area contributed by atoms with Crippen molar-refractivity contribution in [3.8, 4) is 0 Å².